The fourth-order valence-electron chi connectivity index (χ4n) is 1.53. The minimum absolute atomic E-state index is 0.139. The molecule has 0 amide bonds. The van der Waals surface area contributed by atoms with E-state index >= 15 is 0 Å². The SMILES string of the molecule is CNC(CCCOC)c1ncc(Cl)cc1Cl. The summed E-state index contributed by atoms with van der Waals surface area (Å²) < 4.78 is 5.02. The van der Waals surface area contributed by atoms with Crippen LogP contribution < -0.4 is 5.32 Å². The van der Waals surface area contributed by atoms with E-state index in [1.807, 2.05) is 7.05 Å². The van der Waals surface area contributed by atoms with Gasteiger partial charge in [-0.25, -0.2) is 0 Å². The van der Waals surface area contributed by atoms with Gasteiger partial charge in [0.05, 0.1) is 21.8 Å². The number of nitrogens with one attached hydrogen (secondary N) is 1. The van der Waals surface area contributed by atoms with Crippen LogP contribution in [0.25, 0.3) is 0 Å². The van der Waals surface area contributed by atoms with Gasteiger partial charge in [-0.3, -0.25) is 4.98 Å². The molecule has 16 heavy (non-hydrogen) atoms. The van der Waals surface area contributed by atoms with Gasteiger partial charge in [-0.05, 0) is 26.0 Å². The predicted octanol–water partition coefficient (Wildman–Crippen LogP) is 3.08. The van der Waals surface area contributed by atoms with Crippen LogP contribution in [0.3, 0.4) is 0 Å². The Labute approximate surface area is 106 Å². The number of aromatic nitrogens is 1. The van der Waals surface area contributed by atoms with Gasteiger partial charge in [0.1, 0.15) is 0 Å². The van der Waals surface area contributed by atoms with Crippen molar-refractivity contribution in [1.82, 2.24) is 10.3 Å². The van der Waals surface area contributed by atoms with Crippen LogP contribution in [-0.2, 0) is 4.74 Å². The van der Waals surface area contributed by atoms with E-state index in [9.17, 15) is 0 Å². The van der Waals surface area contributed by atoms with Crippen molar-refractivity contribution in [2.75, 3.05) is 20.8 Å². The van der Waals surface area contributed by atoms with E-state index in [2.05, 4.69) is 10.3 Å². The van der Waals surface area contributed by atoms with Crippen LogP contribution in [0.5, 0.6) is 0 Å². The normalized spacial score (nSPS) is 12.8. The maximum absolute atomic E-state index is 6.10. The molecule has 0 aliphatic rings. The average molecular weight is 263 g/mol. The molecule has 0 saturated heterocycles. The van der Waals surface area contributed by atoms with E-state index in [1.165, 1.54) is 0 Å². The summed E-state index contributed by atoms with van der Waals surface area (Å²) in [5.74, 6) is 0. The Morgan fingerprint density at radius 2 is 2.25 bits per heavy atom. The van der Waals surface area contributed by atoms with Crippen molar-refractivity contribution in [1.29, 1.82) is 0 Å². The molecule has 1 aromatic rings. The first-order valence-electron chi connectivity index (χ1n) is 5.16. The van der Waals surface area contributed by atoms with Gasteiger partial charge in [0.15, 0.2) is 0 Å². The lowest BCUT2D eigenvalue weighted by Gasteiger charge is -2.16. The summed E-state index contributed by atoms with van der Waals surface area (Å²) in [5, 5.41) is 4.35. The summed E-state index contributed by atoms with van der Waals surface area (Å²) in [6, 6.07) is 1.85. The molecule has 0 aromatic carbocycles. The monoisotopic (exact) mass is 262 g/mol. The van der Waals surface area contributed by atoms with Crippen molar-refractivity contribution in [2.24, 2.45) is 0 Å². The summed E-state index contributed by atoms with van der Waals surface area (Å²) in [5.41, 5.74) is 0.838. The Bertz CT molecular complexity index is 334. The Kier molecular flexibility index (Phi) is 6.06. The molecule has 1 unspecified atom stereocenters. The largest absolute Gasteiger partial charge is 0.385 e. The van der Waals surface area contributed by atoms with Gasteiger partial charge in [0.2, 0.25) is 0 Å². The van der Waals surface area contributed by atoms with Crippen LogP contribution in [-0.4, -0.2) is 25.7 Å². The van der Waals surface area contributed by atoms with Crippen molar-refractivity contribution < 1.29 is 4.74 Å². The highest BCUT2D eigenvalue weighted by atomic mass is 35.5. The molecule has 0 radical (unpaired) electrons. The second-order valence-corrected chi connectivity index (χ2v) is 4.34. The lowest BCUT2D eigenvalue weighted by atomic mass is 10.1. The highest BCUT2D eigenvalue weighted by molar-refractivity contribution is 6.34. The maximum atomic E-state index is 6.10. The van der Waals surface area contributed by atoms with Crippen LogP contribution in [0.4, 0.5) is 0 Å². The number of halogens is 2. The Balaban J connectivity index is 2.70. The molecule has 5 heteroatoms. The average Bonchev–Trinajstić information content (AvgIpc) is 2.26. The van der Waals surface area contributed by atoms with E-state index in [0.29, 0.717) is 10.0 Å². The Morgan fingerprint density at radius 3 is 2.81 bits per heavy atom. The molecule has 3 nitrogen and oxygen atoms in total. The zero-order valence-electron chi connectivity index (χ0n) is 9.46. The molecule has 1 heterocycles. The minimum atomic E-state index is 0.139. The van der Waals surface area contributed by atoms with Gasteiger partial charge >= 0.3 is 0 Å². The zero-order valence-corrected chi connectivity index (χ0v) is 11.0. The van der Waals surface area contributed by atoms with Crippen molar-refractivity contribution in [3.63, 3.8) is 0 Å². The van der Waals surface area contributed by atoms with Crippen LogP contribution in [0, 0.1) is 0 Å². The standard InChI is InChI=1S/C11H16Cl2N2O/c1-14-10(4-3-5-16-2)11-9(13)6-8(12)7-15-11/h6-7,10,14H,3-5H2,1-2H3. The molecule has 0 bridgehead atoms. The van der Waals surface area contributed by atoms with Crippen molar-refractivity contribution >= 4 is 23.2 Å². The van der Waals surface area contributed by atoms with Gasteiger partial charge < -0.3 is 10.1 Å². The van der Waals surface area contributed by atoms with Crippen LogP contribution in [0.15, 0.2) is 12.3 Å². The molecule has 0 aliphatic heterocycles. The van der Waals surface area contributed by atoms with Crippen molar-refractivity contribution in [2.45, 2.75) is 18.9 Å². The summed E-state index contributed by atoms with van der Waals surface area (Å²) >= 11 is 11.9. The molecule has 1 rings (SSSR count). The van der Waals surface area contributed by atoms with Gasteiger partial charge in [-0.15, -0.1) is 0 Å². The third kappa shape index (κ3) is 3.91. The molecule has 1 aromatic heterocycles. The van der Waals surface area contributed by atoms with Crippen molar-refractivity contribution in [3.8, 4) is 0 Å². The summed E-state index contributed by atoms with van der Waals surface area (Å²) in [6.07, 6.45) is 3.50. The first-order valence-corrected chi connectivity index (χ1v) is 5.91. The van der Waals surface area contributed by atoms with E-state index < -0.39 is 0 Å². The quantitative estimate of drug-likeness (QED) is 0.801. The van der Waals surface area contributed by atoms with E-state index in [1.54, 1.807) is 19.4 Å². The molecule has 90 valence electrons. The molecule has 0 aliphatic carbocycles. The maximum Gasteiger partial charge on any atom is 0.0760 e. The smallest absolute Gasteiger partial charge is 0.0760 e. The number of ether oxygens (including phenoxy) is 1. The number of hydrogen-bond acceptors (Lipinski definition) is 3. The van der Waals surface area contributed by atoms with E-state index in [0.717, 1.165) is 25.1 Å². The summed E-state index contributed by atoms with van der Waals surface area (Å²) in [7, 11) is 3.59. The molecule has 0 spiro atoms. The van der Waals surface area contributed by atoms with E-state index in [4.69, 9.17) is 27.9 Å². The highest BCUT2D eigenvalue weighted by Gasteiger charge is 2.14. The van der Waals surface area contributed by atoms with Crippen LogP contribution in [0.2, 0.25) is 10.0 Å². The van der Waals surface area contributed by atoms with Gasteiger partial charge in [0.25, 0.3) is 0 Å². The van der Waals surface area contributed by atoms with Crippen molar-refractivity contribution in [3.05, 3.63) is 28.0 Å². The first-order chi connectivity index (χ1) is 7.69. The molecule has 1 N–H and O–H groups in total. The molecule has 0 saturated carbocycles. The van der Waals surface area contributed by atoms with Crippen LogP contribution >= 0.6 is 23.2 Å². The van der Waals surface area contributed by atoms with E-state index in [-0.39, 0.29) is 6.04 Å². The molecular formula is C11H16Cl2N2O. The third-order valence-electron chi connectivity index (χ3n) is 2.36. The second kappa shape index (κ2) is 7.07. The molecular weight excluding hydrogens is 247 g/mol. The molecule has 1 atom stereocenters. The Morgan fingerprint density at radius 1 is 1.50 bits per heavy atom. The number of rotatable bonds is 6. The number of methoxy groups -OCH3 is 1. The van der Waals surface area contributed by atoms with Gasteiger partial charge in [-0.2, -0.15) is 0 Å². The second-order valence-electron chi connectivity index (χ2n) is 3.50. The van der Waals surface area contributed by atoms with Gasteiger partial charge in [0, 0.05) is 19.9 Å². The third-order valence-corrected chi connectivity index (χ3v) is 2.87. The lowest BCUT2D eigenvalue weighted by molar-refractivity contribution is 0.189. The fraction of sp³-hybridized carbons (Fsp3) is 0.545. The number of pyridine rings is 1. The topological polar surface area (TPSA) is 34.1 Å². The molecule has 0 fully saturated rings. The summed E-state index contributed by atoms with van der Waals surface area (Å²) in [4.78, 5) is 4.26. The Hall–Kier alpha value is -0.350. The predicted molar refractivity (Wildman–Crippen MR) is 67.2 cm³/mol. The highest BCUT2D eigenvalue weighted by Crippen LogP contribution is 2.26. The lowest BCUT2D eigenvalue weighted by Crippen LogP contribution is -2.18. The first kappa shape index (κ1) is 13.7. The zero-order chi connectivity index (χ0) is 12.0. The van der Waals surface area contributed by atoms with Crippen LogP contribution in [0.1, 0.15) is 24.6 Å². The number of hydrogen-bond donors (Lipinski definition) is 1. The minimum Gasteiger partial charge on any atom is -0.385 e. The number of nitrogens with zero attached hydrogens (tertiary/aromatic N) is 1. The fourth-order valence-corrected chi connectivity index (χ4v) is 2.04. The van der Waals surface area contributed by atoms with Gasteiger partial charge in [-0.1, -0.05) is 23.2 Å². The summed E-state index contributed by atoms with van der Waals surface area (Å²) in [6.45, 7) is 0.739.